The highest BCUT2D eigenvalue weighted by Gasteiger charge is 2.40. The molecule has 2 aromatic carbocycles. The number of rotatable bonds is 5. The SMILES string of the molecule is O=c1[nH]c(=O)n([C@H]2C[C@H](O)[C@@H](COP3(=O)OCc4c(ccc5ccccc45)O3)O2)cc1/C=C/Br. The first kappa shape index (κ1) is 23.2. The van der Waals surface area contributed by atoms with Crippen molar-refractivity contribution >= 4 is 40.6 Å². The molecule has 4 atom stereocenters. The number of phosphoric ester groups is 1. The van der Waals surface area contributed by atoms with Crippen molar-refractivity contribution in [2.24, 2.45) is 0 Å². The number of hydrogen-bond acceptors (Lipinski definition) is 8. The molecule has 1 saturated heterocycles. The molecule has 12 heteroatoms. The van der Waals surface area contributed by atoms with E-state index in [1.807, 2.05) is 30.3 Å². The van der Waals surface area contributed by atoms with E-state index in [0.29, 0.717) is 5.75 Å². The number of H-pyrrole nitrogens is 1. The molecule has 0 bridgehead atoms. The second kappa shape index (κ2) is 9.26. The first-order valence-corrected chi connectivity index (χ1v) is 12.8. The first-order chi connectivity index (χ1) is 16.4. The molecule has 1 unspecified atom stereocenters. The molecule has 34 heavy (non-hydrogen) atoms. The maximum Gasteiger partial charge on any atom is 0.530 e. The molecule has 2 aliphatic heterocycles. The number of aliphatic hydroxyl groups is 1. The molecule has 0 radical (unpaired) electrons. The molecule has 1 fully saturated rings. The average Bonchev–Trinajstić information content (AvgIpc) is 3.19. The highest BCUT2D eigenvalue weighted by atomic mass is 79.9. The summed E-state index contributed by atoms with van der Waals surface area (Å²) in [6.07, 6.45) is 0.137. The zero-order valence-electron chi connectivity index (χ0n) is 17.6. The Kier molecular flexibility index (Phi) is 6.32. The van der Waals surface area contributed by atoms with Gasteiger partial charge in [-0.2, -0.15) is 0 Å². The number of nitrogens with one attached hydrogen (secondary N) is 1. The molecular weight excluding hydrogens is 531 g/mol. The van der Waals surface area contributed by atoms with Crippen LogP contribution < -0.4 is 15.8 Å². The molecule has 0 saturated carbocycles. The van der Waals surface area contributed by atoms with Crippen molar-refractivity contribution in [3.63, 3.8) is 0 Å². The molecular formula is C22H20BrN2O8P. The Bertz CT molecular complexity index is 1430. The molecule has 3 heterocycles. The Morgan fingerprint density at radius 2 is 2.09 bits per heavy atom. The largest absolute Gasteiger partial charge is 0.530 e. The summed E-state index contributed by atoms with van der Waals surface area (Å²) < 4.78 is 36.5. The Labute approximate surface area is 201 Å². The van der Waals surface area contributed by atoms with Crippen molar-refractivity contribution in [3.05, 3.63) is 79.5 Å². The normalized spacial score (nSPS) is 26.6. The minimum atomic E-state index is -3.95. The van der Waals surface area contributed by atoms with Crippen LogP contribution in [0.1, 0.15) is 23.8 Å². The van der Waals surface area contributed by atoms with Gasteiger partial charge in [0, 0.05) is 18.2 Å². The lowest BCUT2D eigenvalue weighted by Crippen LogP contribution is -2.33. The predicted molar refractivity (Wildman–Crippen MR) is 127 cm³/mol. The Morgan fingerprint density at radius 3 is 2.91 bits per heavy atom. The van der Waals surface area contributed by atoms with Crippen molar-refractivity contribution in [1.29, 1.82) is 0 Å². The number of halogens is 1. The number of benzene rings is 2. The average molecular weight is 551 g/mol. The zero-order valence-corrected chi connectivity index (χ0v) is 20.1. The molecule has 10 nitrogen and oxygen atoms in total. The fourth-order valence-electron chi connectivity index (χ4n) is 4.01. The van der Waals surface area contributed by atoms with E-state index in [2.05, 4.69) is 20.9 Å². The summed E-state index contributed by atoms with van der Waals surface area (Å²) in [7, 11) is -3.95. The van der Waals surface area contributed by atoms with Crippen LogP contribution in [0.25, 0.3) is 16.8 Å². The number of aliphatic hydroxyl groups excluding tert-OH is 1. The molecule has 178 valence electrons. The van der Waals surface area contributed by atoms with Gasteiger partial charge in [0.05, 0.1) is 24.9 Å². The van der Waals surface area contributed by atoms with Gasteiger partial charge >= 0.3 is 13.5 Å². The number of fused-ring (bicyclic) bond motifs is 3. The Hall–Kier alpha value is -2.53. The van der Waals surface area contributed by atoms with Crippen LogP contribution in [-0.4, -0.2) is 33.5 Å². The van der Waals surface area contributed by atoms with Gasteiger partial charge in [-0.3, -0.25) is 23.4 Å². The van der Waals surface area contributed by atoms with Crippen molar-refractivity contribution in [1.82, 2.24) is 9.55 Å². The Balaban J connectivity index is 1.29. The maximum absolute atomic E-state index is 13.0. The number of nitrogens with zero attached hydrogens (tertiary/aromatic N) is 1. The van der Waals surface area contributed by atoms with E-state index in [1.54, 1.807) is 6.07 Å². The highest BCUT2D eigenvalue weighted by molar-refractivity contribution is 9.11. The molecule has 0 amide bonds. The highest BCUT2D eigenvalue weighted by Crippen LogP contribution is 2.55. The van der Waals surface area contributed by atoms with Crippen LogP contribution in [0.3, 0.4) is 0 Å². The molecule has 2 N–H and O–H groups in total. The van der Waals surface area contributed by atoms with Crippen LogP contribution >= 0.6 is 23.8 Å². The lowest BCUT2D eigenvalue weighted by Gasteiger charge is -2.27. The van der Waals surface area contributed by atoms with Crippen LogP contribution in [0.5, 0.6) is 5.75 Å². The Morgan fingerprint density at radius 1 is 1.26 bits per heavy atom. The van der Waals surface area contributed by atoms with Crippen molar-refractivity contribution in [2.45, 2.75) is 31.5 Å². The number of ether oxygens (including phenoxy) is 1. The molecule has 0 aliphatic carbocycles. The number of hydrogen-bond donors (Lipinski definition) is 2. The van der Waals surface area contributed by atoms with Crippen LogP contribution in [0.2, 0.25) is 0 Å². The third-order valence-electron chi connectivity index (χ3n) is 5.72. The van der Waals surface area contributed by atoms with Gasteiger partial charge in [-0.05, 0) is 27.9 Å². The van der Waals surface area contributed by atoms with Crippen LogP contribution in [0.4, 0.5) is 0 Å². The van der Waals surface area contributed by atoms with E-state index < -0.39 is 37.5 Å². The number of phosphoric acid groups is 1. The van der Waals surface area contributed by atoms with E-state index in [0.717, 1.165) is 16.3 Å². The van der Waals surface area contributed by atoms with Gasteiger partial charge in [0.25, 0.3) is 5.56 Å². The number of aromatic amines is 1. The minimum Gasteiger partial charge on any atom is -0.404 e. The first-order valence-electron chi connectivity index (χ1n) is 10.4. The lowest BCUT2D eigenvalue weighted by atomic mass is 10.0. The third-order valence-corrected chi connectivity index (χ3v) is 7.32. The summed E-state index contributed by atoms with van der Waals surface area (Å²) >= 11 is 3.09. The van der Waals surface area contributed by atoms with E-state index in [1.165, 1.54) is 21.8 Å². The fourth-order valence-corrected chi connectivity index (χ4v) is 5.50. The lowest BCUT2D eigenvalue weighted by molar-refractivity contribution is -0.0468. The topological polar surface area (TPSA) is 129 Å². The van der Waals surface area contributed by atoms with Gasteiger partial charge in [-0.15, -0.1) is 0 Å². The third kappa shape index (κ3) is 4.43. The summed E-state index contributed by atoms with van der Waals surface area (Å²) in [5, 5.41) is 12.4. The van der Waals surface area contributed by atoms with Crippen LogP contribution in [0, 0.1) is 0 Å². The summed E-state index contributed by atoms with van der Waals surface area (Å²) in [5.74, 6) is 0.409. The smallest absolute Gasteiger partial charge is 0.404 e. The van der Waals surface area contributed by atoms with Gasteiger partial charge in [-0.1, -0.05) is 46.3 Å². The summed E-state index contributed by atoms with van der Waals surface area (Å²) in [6.45, 7) is -0.245. The van der Waals surface area contributed by atoms with Crippen molar-refractivity contribution in [2.75, 3.05) is 6.61 Å². The van der Waals surface area contributed by atoms with Gasteiger partial charge in [-0.25, -0.2) is 9.36 Å². The second-order valence-electron chi connectivity index (χ2n) is 7.85. The molecule has 0 spiro atoms. The standard InChI is InChI=1S/C22H20BrN2O8P/c23-8-7-14-10-25(22(28)24-21(14)27)20-9-17(26)19(32-20)12-31-34(29)30-11-16-15-4-2-1-3-13(15)5-6-18(16)33-34/h1-8,10,17,19-20,26H,9,11-12H2,(H,24,27,28)/b8-7+/t17-,19+,20+,34?/m0/s1. The quantitative estimate of drug-likeness (QED) is 0.462. The molecule has 5 rings (SSSR count). The van der Waals surface area contributed by atoms with E-state index in [9.17, 15) is 19.3 Å². The molecule has 2 aliphatic rings. The van der Waals surface area contributed by atoms with Crippen molar-refractivity contribution < 1.29 is 28.0 Å². The molecule has 3 aromatic rings. The summed E-state index contributed by atoms with van der Waals surface area (Å²) in [4.78, 5) is 27.8. The van der Waals surface area contributed by atoms with E-state index in [-0.39, 0.29) is 25.2 Å². The zero-order chi connectivity index (χ0) is 23.9. The van der Waals surface area contributed by atoms with Crippen LogP contribution in [-0.2, 0) is 25.0 Å². The molecule has 1 aromatic heterocycles. The van der Waals surface area contributed by atoms with Gasteiger partial charge in [0.2, 0.25) is 0 Å². The minimum absolute atomic E-state index is 0.0430. The van der Waals surface area contributed by atoms with Gasteiger partial charge in [0.15, 0.2) is 0 Å². The van der Waals surface area contributed by atoms with Gasteiger partial charge in [0.1, 0.15) is 18.1 Å². The summed E-state index contributed by atoms with van der Waals surface area (Å²) in [6, 6.07) is 11.3. The van der Waals surface area contributed by atoms with E-state index in [4.69, 9.17) is 18.3 Å². The van der Waals surface area contributed by atoms with Crippen LogP contribution in [0.15, 0.2) is 57.2 Å². The predicted octanol–water partition coefficient (Wildman–Crippen LogP) is 3.44. The van der Waals surface area contributed by atoms with Gasteiger partial charge < -0.3 is 14.4 Å². The van der Waals surface area contributed by atoms with Crippen molar-refractivity contribution in [3.8, 4) is 5.75 Å². The van der Waals surface area contributed by atoms with E-state index >= 15 is 0 Å². The fraction of sp³-hybridized carbons (Fsp3) is 0.273. The maximum atomic E-state index is 13.0. The summed E-state index contributed by atoms with van der Waals surface area (Å²) in [5.41, 5.74) is -0.218. The second-order valence-corrected chi connectivity index (χ2v) is 9.97. The number of aromatic nitrogens is 2. The monoisotopic (exact) mass is 550 g/mol.